The second-order valence-electron chi connectivity index (χ2n) is 7.76. The Labute approximate surface area is 172 Å². The zero-order valence-electron chi connectivity index (χ0n) is 16.8. The summed E-state index contributed by atoms with van der Waals surface area (Å²) in [4.78, 5) is 32.2. The zero-order chi connectivity index (χ0) is 19.9. The van der Waals surface area contributed by atoms with Gasteiger partial charge in [0.2, 0.25) is 11.9 Å². The highest BCUT2D eigenvalue weighted by atomic mass is 16.2. The number of rotatable bonds is 6. The summed E-state index contributed by atoms with van der Waals surface area (Å²) in [5.74, 6) is 2.39. The van der Waals surface area contributed by atoms with Crippen molar-refractivity contribution in [1.82, 2.24) is 25.2 Å². The fraction of sp³-hybridized carbons (Fsp3) is 0.524. The Bertz CT molecular complexity index is 765. The lowest BCUT2D eigenvalue weighted by Crippen LogP contribution is -2.50. The van der Waals surface area contributed by atoms with Gasteiger partial charge in [0.25, 0.3) is 0 Å². The molecule has 8 nitrogen and oxygen atoms in total. The first kappa shape index (κ1) is 19.6. The van der Waals surface area contributed by atoms with Crippen LogP contribution in [-0.4, -0.2) is 78.1 Å². The van der Waals surface area contributed by atoms with E-state index in [1.165, 1.54) is 0 Å². The number of nitrogens with zero attached hydrogens (tertiary/aromatic N) is 6. The van der Waals surface area contributed by atoms with Gasteiger partial charge in [-0.05, 0) is 37.0 Å². The second-order valence-corrected chi connectivity index (χ2v) is 7.76. The summed E-state index contributed by atoms with van der Waals surface area (Å²) in [6, 6.07) is 7.85. The van der Waals surface area contributed by atoms with Crippen molar-refractivity contribution in [2.45, 2.75) is 12.8 Å². The summed E-state index contributed by atoms with van der Waals surface area (Å²) in [5, 5.41) is 3.15. The van der Waals surface area contributed by atoms with Gasteiger partial charge in [0.15, 0.2) is 0 Å². The Morgan fingerprint density at radius 3 is 2.52 bits per heavy atom. The number of amides is 1. The average molecular weight is 396 g/mol. The van der Waals surface area contributed by atoms with Crippen molar-refractivity contribution in [1.29, 1.82) is 0 Å². The van der Waals surface area contributed by atoms with Crippen molar-refractivity contribution in [3.63, 3.8) is 0 Å². The van der Waals surface area contributed by atoms with Crippen LogP contribution in [0.5, 0.6) is 0 Å². The van der Waals surface area contributed by atoms with Gasteiger partial charge in [-0.25, -0.2) is 15.0 Å². The molecule has 0 bridgehead atoms. The Kier molecular flexibility index (Phi) is 6.51. The molecule has 154 valence electrons. The van der Waals surface area contributed by atoms with Gasteiger partial charge >= 0.3 is 0 Å². The fourth-order valence-electron chi connectivity index (χ4n) is 4.06. The maximum atomic E-state index is 12.4. The lowest BCUT2D eigenvalue weighted by molar-refractivity contribution is -0.122. The van der Waals surface area contributed by atoms with Crippen molar-refractivity contribution in [2.75, 3.05) is 62.2 Å². The number of pyridine rings is 1. The van der Waals surface area contributed by atoms with E-state index in [4.69, 9.17) is 0 Å². The van der Waals surface area contributed by atoms with Gasteiger partial charge in [-0.2, -0.15) is 0 Å². The van der Waals surface area contributed by atoms with Gasteiger partial charge in [0, 0.05) is 64.4 Å². The van der Waals surface area contributed by atoms with E-state index >= 15 is 0 Å². The molecule has 29 heavy (non-hydrogen) atoms. The highest BCUT2D eigenvalue weighted by Crippen LogP contribution is 2.20. The van der Waals surface area contributed by atoms with Crippen LogP contribution in [0.2, 0.25) is 0 Å². The molecule has 4 rings (SSSR count). The second kappa shape index (κ2) is 9.65. The smallest absolute Gasteiger partial charge is 0.234 e. The van der Waals surface area contributed by atoms with Crippen molar-refractivity contribution in [2.24, 2.45) is 5.92 Å². The third kappa shape index (κ3) is 5.41. The molecule has 0 aliphatic carbocycles. The van der Waals surface area contributed by atoms with Gasteiger partial charge in [0.05, 0.1) is 6.54 Å². The maximum absolute atomic E-state index is 12.4. The van der Waals surface area contributed by atoms with E-state index in [1.54, 1.807) is 12.4 Å². The number of piperidine rings is 1. The molecule has 2 aliphatic heterocycles. The topological polar surface area (TPSA) is 77.5 Å². The van der Waals surface area contributed by atoms with Crippen LogP contribution < -0.4 is 15.1 Å². The van der Waals surface area contributed by atoms with E-state index in [0.717, 1.165) is 70.4 Å². The first-order valence-electron chi connectivity index (χ1n) is 10.4. The van der Waals surface area contributed by atoms with Crippen LogP contribution in [0.3, 0.4) is 0 Å². The first-order chi connectivity index (χ1) is 14.3. The first-order valence-corrected chi connectivity index (χ1v) is 10.4. The number of hydrogen-bond acceptors (Lipinski definition) is 7. The van der Waals surface area contributed by atoms with Crippen LogP contribution in [0, 0.1) is 5.92 Å². The minimum Gasteiger partial charge on any atom is -0.356 e. The van der Waals surface area contributed by atoms with Gasteiger partial charge < -0.3 is 15.1 Å². The van der Waals surface area contributed by atoms with Gasteiger partial charge in [-0.1, -0.05) is 6.07 Å². The molecule has 0 saturated carbocycles. The van der Waals surface area contributed by atoms with Crippen LogP contribution in [0.15, 0.2) is 42.9 Å². The SMILES string of the molecule is O=C(CN1CCN(c2ncccn2)CC1)NCC1CCCN(c2ccccn2)C1. The Morgan fingerprint density at radius 1 is 0.966 bits per heavy atom. The monoisotopic (exact) mass is 395 g/mol. The minimum absolute atomic E-state index is 0.115. The number of nitrogens with one attached hydrogen (secondary N) is 1. The number of carbonyl (C=O) groups is 1. The molecule has 2 aromatic rings. The third-order valence-electron chi connectivity index (χ3n) is 5.65. The van der Waals surface area contributed by atoms with E-state index in [-0.39, 0.29) is 5.91 Å². The Balaban J connectivity index is 1.18. The molecule has 0 aromatic carbocycles. The number of anilines is 2. The number of aromatic nitrogens is 3. The summed E-state index contributed by atoms with van der Waals surface area (Å²) < 4.78 is 0. The highest BCUT2D eigenvalue weighted by Gasteiger charge is 2.23. The molecule has 0 radical (unpaired) electrons. The Hall–Kier alpha value is -2.74. The summed E-state index contributed by atoms with van der Waals surface area (Å²) in [6.07, 6.45) is 7.66. The van der Waals surface area contributed by atoms with E-state index in [2.05, 4.69) is 41.0 Å². The summed E-state index contributed by atoms with van der Waals surface area (Å²) in [6.45, 7) is 6.58. The molecule has 2 saturated heterocycles. The van der Waals surface area contributed by atoms with Gasteiger partial charge in [-0.3, -0.25) is 9.69 Å². The molecule has 4 heterocycles. The van der Waals surface area contributed by atoms with Crippen LogP contribution in [0.25, 0.3) is 0 Å². The van der Waals surface area contributed by atoms with Gasteiger partial charge in [-0.15, -0.1) is 0 Å². The van der Waals surface area contributed by atoms with Crippen molar-refractivity contribution < 1.29 is 4.79 Å². The molecule has 1 amide bonds. The van der Waals surface area contributed by atoms with Crippen LogP contribution in [0.1, 0.15) is 12.8 Å². The molecule has 2 fully saturated rings. The lowest BCUT2D eigenvalue weighted by atomic mass is 9.98. The number of piperazine rings is 1. The van der Waals surface area contributed by atoms with E-state index < -0.39 is 0 Å². The van der Waals surface area contributed by atoms with Gasteiger partial charge in [0.1, 0.15) is 5.82 Å². The summed E-state index contributed by atoms with van der Waals surface area (Å²) in [7, 11) is 0. The molecular weight excluding hydrogens is 366 g/mol. The Morgan fingerprint density at radius 2 is 1.76 bits per heavy atom. The van der Waals surface area contributed by atoms with Crippen LogP contribution in [-0.2, 0) is 4.79 Å². The van der Waals surface area contributed by atoms with E-state index in [0.29, 0.717) is 12.5 Å². The third-order valence-corrected chi connectivity index (χ3v) is 5.65. The van der Waals surface area contributed by atoms with Crippen LogP contribution >= 0.6 is 0 Å². The average Bonchev–Trinajstić information content (AvgIpc) is 2.80. The predicted octanol–water partition coefficient (Wildman–Crippen LogP) is 1.03. The highest BCUT2D eigenvalue weighted by molar-refractivity contribution is 5.78. The predicted molar refractivity (Wildman–Crippen MR) is 113 cm³/mol. The molecule has 1 N–H and O–H groups in total. The van der Waals surface area contributed by atoms with E-state index in [1.807, 2.05) is 24.4 Å². The molecule has 2 aliphatic rings. The number of carbonyl (C=O) groups excluding carboxylic acids is 1. The zero-order valence-corrected chi connectivity index (χ0v) is 16.8. The molecule has 0 spiro atoms. The van der Waals surface area contributed by atoms with Crippen molar-refractivity contribution in [3.05, 3.63) is 42.9 Å². The maximum Gasteiger partial charge on any atom is 0.234 e. The summed E-state index contributed by atoms with van der Waals surface area (Å²) >= 11 is 0. The largest absolute Gasteiger partial charge is 0.356 e. The molecule has 1 unspecified atom stereocenters. The minimum atomic E-state index is 0.115. The van der Waals surface area contributed by atoms with Crippen molar-refractivity contribution in [3.8, 4) is 0 Å². The van der Waals surface area contributed by atoms with Crippen molar-refractivity contribution >= 4 is 17.7 Å². The fourth-order valence-corrected chi connectivity index (χ4v) is 4.06. The number of hydrogen-bond donors (Lipinski definition) is 1. The standard InChI is InChI=1S/C21H29N7O/c29-20(17-26-11-13-27(14-12-26)21-23-8-4-9-24-21)25-15-18-5-3-10-28(16-18)19-6-1-2-7-22-19/h1-2,4,6-9,18H,3,5,10-17H2,(H,25,29). The molecule has 1 atom stereocenters. The molecule has 8 heteroatoms. The van der Waals surface area contributed by atoms with Crippen LogP contribution in [0.4, 0.5) is 11.8 Å². The molecule has 2 aromatic heterocycles. The molecular formula is C21H29N7O. The van der Waals surface area contributed by atoms with E-state index in [9.17, 15) is 4.79 Å². The quantitative estimate of drug-likeness (QED) is 0.783. The summed E-state index contributed by atoms with van der Waals surface area (Å²) in [5.41, 5.74) is 0. The lowest BCUT2D eigenvalue weighted by Gasteiger charge is -2.35. The normalized spacial score (nSPS) is 20.5.